The predicted molar refractivity (Wildman–Crippen MR) is 228 cm³/mol. The van der Waals surface area contributed by atoms with E-state index in [1.807, 2.05) is 81.5 Å². The number of rotatable bonds is 15. The van der Waals surface area contributed by atoms with Gasteiger partial charge in [0.1, 0.15) is 32.5 Å². The zero-order chi connectivity index (χ0) is 41.5. The number of hydrogen-bond donors (Lipinski definition) is 1. The van der Waals surface area contributed by atoms with Crippen LogP contribution in [0.1, 0.15) is 48.6 Å². The van der Waals surface area contributed by atoms with Crippen LogP contribution in [0.3, 0.4) is 0 Å². The maximum absolute atomic E-state index is 11.7. The number of aryl methyl sites for hydroxylation is 1. The average Bonchev–Trinajstić information content (AvgIpc) is 3.21. The maximum atomic E-state index is 11.7. The van der Waals surface area contributed by atoms with Crippen molar-refractivity contribution in [2.75, 3.05) is 29.9 Å². The van der Waals surface area contributed by atoms with Crippen LogP contribution in [-0.2, 0) is 33.3 Å². The molecule has 0 unspecified atom stereocenters. The van der Waals surface area contributed by atoms with Gasteiger partial charge in [0.15, 0.2) is 12.3 Å². The summed E-state index contributed by atoms with van der Waals surface area (Å²) >= 11 is 0. The Morgan fingerprint density at radius 3 is 1.83 bits per heavy atom. The first kappa shape index (κ1) is 45.3. The first-order chi connectivity index (χ1) is 27.7. The maximum Gasteiger partial charge on any atom is 1.00 e. The Labute approximate surface area is 370 Å². The van der Waals surface area contributed by atoms with Crippen molar-refractivity contribution in [2.45, 2.75) is 50.6 Å². The molecule has 5 aromatic rings. The number of benzene rings is 5. The Morgan fingerprint density at radius 2 is 1.29 bits per heavy atom. The molecule has 0 fully saturated rings. The number of allylic oxidation sites excluding steroid dienone is 5. The summed E-state index contributed by atoms with van der Waals surface area (Å²) in [6, 6.07) is 34.7. The molecule has 0 amide bonds. The fourth-order valence-electron chi connectivity index (χ4n) is 6.94. The number of ether oxygens (including phenoxy) is 1. The zero-order valence-electron chi connectivity index (χ0n) is 33.9. The molecule has 1 aliphatic carbocycles. The normalized spacial score (nSPS) is 12.5. The number of hydrogen-bond acceptors (Lipinski definition) is 9. The van der Waals surface area contributed by atoms with Crippen molar-refractivity contribution in [3.8, 4) is 5.75 Å². The van der Waals surface area contributed by atoms with Crippen LogP contribution < -0.4 is 44.5 Å². The van der Waals surface area contributed by atoms with E-state index in [4.69, 9.17) is 4.74 Å². The number of nitrogens with one attached hydrogen (secondary N) is 1. The summed E-state index contributed by atoms with van der Waals surface area (Å²) in [5.41, 5.74) is 10.3. The third kappa shape index (κ3) is 11.7. The van der Waals surface area contributed by atoms with Crippen LogP contribution in [0.4, 0.5) is 17.1 Å². The molecule has 0 aliphatic heterocycles. The summed E-state index contributed by atoms with van der Waals surface area (Å²) in [6.07, 6.45) is 8.27. The molecular weight excluding hydrogens is 794 g/mol. The van der Waals surface area contributed by atoms with Crippen molar-refractivity contribution in [1.82, 2.24) is 0 Å². The summed E-state index contributed by atoms with van der Waals surface area (Å²) < 4.78 is 77.8. The fourth-order valence-corrected chi connectivity index (χ4v) is 8.02. The minimum absolute atomic E-state index is 0. The van der Waals surface area contributed by atoms with Crippen molar-refractivity contribution in [3.63, 3.8) is 0 Å². The van der Waals surface area contributed by atoms with Crippen LogP contribution in [0.15, 0.2) is 155 Å². The van der Waals surface area contributed by atoms with Crippen LogP contribution in [-0.4, -0.2) is 55.9 Å². The summed E-state index contributed by atoms with van der Waals surface area (Å²) in [5.74, 6) is 0.812. The third-order valence-corrected chi connectivity index (χ3v) is 11.5. The molecule has 0 atom stereocenters. The number of anilines is 3. The third-order valence-electron chi connectivity index (χ3n) is 9.88. The van der Waals surface area contributed by atoms with Gasteiger partial charge in [0.25, 0.3) is 0 Å². The first-order valence-electron chi connectivity index (χ1n) is 19.0. The molecule has 5 aromatic carbocycles. The van der Waals surface area contributed by atoms with Gasteiger partial charge in [0.2, 0.25) is 0 Å². The van der Waals surface area contributed by atoms with Gasteiger partial charge in [-0.1, -0.05) is 42.5 Å². The van der Waals surface area contributed by atoms with Crippen molar-refractivity contribution in [1.29, 1.82) is 0 Å². The van der Waals surface area contributed by atoms with Gasteiger partial charge in [-0.15, -0.1) is 0 Å². The van der Waals surface area contributed by atoms with Crippen LogP contribution >= 0.6 is 0 Å². The second kappa shape index (κ2) is 20.0. The molecule has 0 bridgehead atoms. The Bertz CT molecular complexity index is 2620. The van der Waals surface area contributed by atoms with Crippen LogP contribution in [0, 0.1) is 6.92 Å². The van der Waals surface area contributed by atoms with E-state index in [0.29, 0.717) is 38.3 Å². The molecule has 0 saturated heterocycles. The molecule has 300 valence electrons. The minimum atomic E-state index is -4.57. The quantitative estimate of drug-likeness (QED) is 0.0813. The van der Waals surface area contributed by atoms with Crippen LogP contribution in [0.5, 0.6) is 5.75 Å². The summed E-state index contributed by atoms with van der Waals surface area (Å²) in [6.45, 7) is 10.8. The van der Waals surface area contributed by atoms with Gasteiger partial charge in [-0.3, -0.25) is 0 Å². The van der Waals surface area contributed by atoms with E-state index in [1.165, 1.54) is 24.3 Å². The van der Waals surface area contributed by atoms with Crippen LogP contribution in [0.25, 0.3) is 5.57 Å². The van der Waals surface area contributed by atoms with E-state index in [0.717, 1.165) is 61.9 Å². The van der Waals surface area contributed by atoms with E-state index in [1.54, 1.807) is 12.1 Å². The van der Waals surface area contributed by atoms with E-state index in [9.17, 15) is 25.9 Å². The second-order valence-corrected chi connectivity index (χ2v) is 16.6. The Balaban J connectivity index is 0.00000661. The summed E-state index contributed by atoms with van der Waals surface area (Å²) in [5, 5.41) is 3.47. The van der Waals surface area contributed by atoms with Gasteiger partial charge in [-0.2, -0.15) is 0 Å². The first-order valence-corrected chi connectivity index (χ1v) is 21.9. The molecule has 1 N–H and O–H groups in total. The molecule has 10 nitrogen and oxygen atoms in total. The molecule has 59 heavy (non-hydrogen) atoms. The van der Waals surface area contributed by atoms with E-state index >= 15 is 0 Å². The van der Waals surface area contributed by atoms with Gasteiger partial charge < -0.3 is 24.1 Å². The Kier molecular flexibility index (Phi) is 15.3. The summed E-state index contributed by atoms with van der Waals surface area (Å²) in [4.78, 5) is 1.64. The van der Waals surface area contributed by atoms with Gasteiger partial charge in [-0.25, -0.2) is 21.4 Å². The van der Waals surface area contributed by atoms with Gasteiger partial charge in [0.05, 0.1) is 16.4 Å². The summed E-state index contributed by atoms with van der Waals surface area (Å²) in [7, 11) is -9.14. The number of nitrogens with zero attached hydrogens (tertiary/aromatic N) is 2. The average molecular weight is 840 g/mol. The molecular formula is C46H46N3NaO7S2. The topological polar surface area (TPSA) is 142 Å². The zero-order valence-corrected chi connectivity index (χ0v) is 37.5. The fraction of sp³-hybridized carbons (Fsp3) is 0.196. The Morgan fingerprint density at radius 1 is 0.712 bits per heavy atom. The van der Waals surface area contributed by atoms with Gasteiger partial charge >= 0.3 is 29.6 Å². The molecule has 13 heteroatoms. The van der Waals surface area contributed by atoms with Gasteiger partial charge in [-0.05, 0) is 146 Å². The Hall–Kier alpha value is -4.79. The SMILES string of the molecule is CCOc1ccc(Nc2ccc(C(=C3C=CC(=[N+](CC)Cc4cccc(S(=O)(=O)[O-])c4)C=C3)c3ccc(N(CC)Cc4cccc(S(=O)(=O)[O-])c4)cc3C)cc2)cc1.[Na+]. The van der Waals surface area contributed by atoms with Crippen molar-refractivity contribution in [2.24, 2.45) is 0 Å². The predicted octanol–water partition coefficient (Wildman–Crippen LogP) is 5.58. The molecule has 0 radical (unpaired) electrons. The second-order valence-electron chi connectivity index (χ2n) is 13.8. The van der Waals surface area contributed by atoms with E-state index in [-0.39, 0.29) is 39.3 Å². The van der Waals surface area contributed by atoms with Gasteiger partial charge in [0, 0.05) is 47.9 Å². The van der Waals surface area contributed by atoms with E-state index in [2.05, 4.69) is 64.2 Å². The molecule has 6 rings (SSSR count). The standard InChI is InChI=1S/C46H47N3O7S2.Na/c1-5-48(31-34-10-8-12-43(29-34)57(50,51)52)40-22-16-37(17-23-40)46(36-14-18-38(19-15-36)47-39-20-25-42(26-21-39)56-7-3)45-27-24-41(28-33(45)4)49(6-2)32-35-11-9-13-44(30-35)58(53,54)55;/h8-30H,5-7,31-32H2,1-4H3,(H2,50,51,52,53,54,55);/q;+1/p-1. The molecule has 0 heterocycles. The molecule has 1 aliphatic rings. The van der Waals surface area contributed by atoms with Crippen molar-refractivity contribution in [3.05, 3.63) is 173 Å². The smallest absolute Gasteiger partial charge is 0.744 e. The van der Waals surface area contributed by atoms with Crippen molar-refractivity contribution >= 4 is 48.6 Å². The van der Waals surface area contributed by atoms with Crippen LogP contribution in [0.2, 0.25) is 0 Å². The monoisotopic (exact) mass is 839 g/mol. The molecule has 0 spiro atoms. The van der Waals surface area contributed by atoms with Crippen molar-refractivity contribution < 1.29 is 64.8 Å². The minimum Gasteiger partial charge on any atom is -0.744 e. The molecule has 0 aromatic heterocycles. The van der Waals surface area contributed by atoms with E-state index < -0.39 is 20.2 Å². The molecule has 0 saturated carbocycles. The largest absolute Gasteiger partial charge is 1.00 e.